The molecule has 1 radical (unpaired) electrons. The van der Waals surface area contributed by atoms with Gasteiger partial charge in [-0.25, -0.2) is 0 Å². The molecule has 5 rings (SSSR count). The first kappa shape index (κ1) is 36.7. The van der Waals surface area contributed by atoms with Crippen molar-refractivity contribution in [3.8, 4) is 11.3 Å². The van der Waals surface area contributed by atoms with Crippen LogP contribution in [0.5, 0.6) is 0 Å². The molecule has 0 aliphatic heterocycles. The van der Waals surface area contributed by atoms with E-state index >= 15 is 0 Å². The largest absolute Gasteiger partial charge is 0.512 e. The summed E-state index contributed by atoms with van der Waals surface area (Å²) in [5.74, 6) is 0.547. The molecule has 5 heteroatoms. The molecule has 4 aromatic rings. The normalized spacial score (nSPS) is 13.9. The number of hydrogen-bond donors (Lipinski definition) is 1. The van der Waals surface area contributed by atoms with Crippen LogP contribution in [-0.2, 0) is 36.7 Å². The van der Waals surface area contributed by atoms with Crippen molar-refractivity contribution in [3.05, 3.63) is 76.2 Å². The molecule has 2 aromatic carbocycles. The predicted molar refractivity (Wildman–Crippen MR) is 184 cm³/mol. The fourth-order valence-corrected chi connectivity index (χ4v) is 6.68. The van der Waals surface area contributed by atoms with Gasteiger partial charge in [-0.15, -0.1) is 17.7 Å². The fraction of sp³-hybridized carbons (Fsp3) is 0.500. The number of aryl methyl sites for hydroxylation is 2. The Hall–Kier alpha value is -2.75. The topological polar surface area (TPSA) is 63.3 Å². The molecule has 0 amide bonds. The van der Waals surface area contributed by atoms with Crippen LogP contribution >= 0.6 is 0 Å². The number of nitrogens with zero attached hydrogens (tertiary/aromatic N) is 1. The first-order chi connectivity index (χ1) is 20.7. The van der Waals surface area contributed by atoms with Crippen molar-refractivity contribution in [1.82, 2.24) is 4.98 Å². The van der Waals surface area contributed by atoms with Crippen LogP contribution in [0.1, 0.15) is 116 Å². The molecule has 0 spiro atoms. The number of aliphatic hydroxyl groups is 1. The number of ketones is 1. The first-order valence-electron chi connectivity index (χ1n) is 16.5. The van der Waals surface area contributed by atoms with E-state index in [0.717, 1.165) is 60.1 Å². The van der Waals surface area contributed by atoms with E-state index in [0.29, 0.717) is 0 Å². The van der Waals surface area contributed by atoms with Gasteiger partial charge in [0.05, 0.1) is 11.3 Å². The molecule has 45 heavy (non-hydrogen) atoms. The zero-order valence-corrected chi connectivity index (χ0v) is 31.6. The monoisotopic (exact) mass is 787 g/mol. The Morgan fingerprint density at radius 1 is 0.978 bits per heavy atom. The standard InChI is InChI=1S/C27H28NO.C13H24O2.Ir/c1-15-12-20-23(28-14-15)18-10-8-16(2)24-21(18)22-19(27(20,6)7)11-9-17(25(22)29-24)13-26(3,4)5;1-5-10(6-2)12(14)9-13(15)11(7-3)8-4;/h8-9,11-12,14H,13H2,1-7H3;9-11,14H,5-8H2,1-4H3;/q-1;;/b;12-9-;. The Bertz CT molecular complexity index is 1690. The molecule has 2 heterocycles. The minimum atomic E-state index is -0.176. The third-order valence-corrected chi connectivity index (χ3v) is 9.37. The molecular formula is C40H52IrNO3-. The van der Waals surface area contributed by atoms with Gasteiger partial charge in [0, 0.05) is 49.6 Å². The Labute approximate surface area is 284 Å². The van der Waals surface area contributed by atoms with Gasteiger partial charge >= 0.3 is 0 Å². The molecule has 2 aromatic heterocycles. The SMILES string of the molecule is CCC(CC)C(=O)/C=C(\O)C(CC)CC.Cc1cnc2c(c1)C(C)(C)c1ccc(CC(C)(C)C)c3oc4c(C)c[c-]c-2c4c13.[Ir]. The zero-order chi connectivity index (χ0) is 32.6. The Morgan fingerprint density at radius 3 is 2.18 bits per heavy atom. The summed E-state index contributed by atoms with van der Waals surface area (Å²) in [5, 5.41) is 12.2. The van der Waals surface area contributed by atoms with E-state index in [4.69, 9.17) is 9.40 Å². The van der Waals surface area contributed by atoms with E-state index in [-0.39, 0.29) is 54.3 Å². The molecular weight excluding hydrogens is 735 g/mol. The van der Waals surface area contributed by atoms with Crippen molar-refractivity contribution in [2.75, 3.05) is 0 Å². The molecule has 245 valence electrons. The van der Waals surface area contributed by atoms with E-state index in [1.165, 1.54) is 39.1 Å². The third-order valence-electron chi connectivity index (χ3n) is 9.37. The fourth-order valence-electron chi connectivity index (χ4n) is 6.68. The van der Waals surface area contributed by atoms with Gasteiger partial charge in [-0.1, -0.05) is 104 Å². The van der Waals surface area contributed by atoms with Gasteiger partial charge in [0.25, 0.3) is 0 Å². The molecule has 1 N–H and O–H groups in total. The number of aromatic nitrogens is 1. The molecule has 0 fully saturated rings. The van der Waals surface area contributed by atoms with E-state index in [2.05, 4.69) is 72.7 Å². The van der Waals surface area contributed by atoms with Crippen LogP contribution in [0.15, 0.2) is 46.7 Å². The van der Waals surface area contributed by atoms with E-state index in [1.54, 1.807) is 0 Å². The second-order valence-corrected chi connectivity index (χ2v) is 14.4. The smallest absolute Gasteiger partial charge is 0.162 e. The average molecular weight is 787 g/mol. The summed E-state index contributed by atoms with van der Waals surface area (Å²) in [6.07, 6.45) is 7.85. The summed E-state index contributed by atoms with van der Waals surface area (Å²) in [5.41, 5.74) is 10.3. The summed E-state index contributed by atoms with van der Waals surface area (Å²) >= 11 is 0. The summed E-state index contributed by atoms with van der Waals surface area (Å²) < 4.78 is 6.60. The number of furan rings is 1. The van der Waals surface area contributed by atoms with Crippen LogP contribution < -0.4 is 0 Å². The number of allylic oxidation sites excluding steroid dienone is 2. The van der Waals surface area contributed by atoms with Gasteiger partial charge < -0.3 is 14.5 Å². The molecule has 0 unspecified atom stereocenters. The van der Waals surface area contributed by atoms with Crippen LogP contribution in [0, 0.1) is 37.2 Å². The van der Waals surface area contributed by atoms with Crippen molar-refractivity contribution < 1.29 is 34.4 Å². The van der Waals surface area contributed by atoms with Crippen molar-refractivity contribution >= 4 is 27.7 Å². The number of hydrogen-bond acceptors (Lipinski definition) is 4. The molecule has 1 aliphatic carbocycles. The molecule has 0 saturated heterocycles. The summed E-state index contributed by atoms with van der Waals surface area (Å²) in [6, 6.07) is 12.5. The van der Waals surface area contributed by atoms with Crippen LogP contribution in [-0.4, -0.2) is 15.9 Å². The van der Waals surface area contributed by atoms with E-state index < -0.39 is 0 Å². The predicted octanol–water partition coefficient (Wildman–Crippen LogP) is 11.2. The molecule has 4 nitrogen and oxygen atoms in total. The van der Waals surface area contributed by atoms with Gasteiger partial charge in [0.15, 0.2) is 5.78 Å². The maximum atomic E-state index is 11.7. The second-order valence-electron chi connectivity index (χ2n) is 14.4. The third kappa shape index (κ3) is 7.31. The van der Waals surface area contributed by atoms with Crippen LogP contribution in [0.4, 0.5) is 0 Å². The van der Waals surface area contributed by atoms with Crippen LogP contribution in [0.3, 0.4) is 0 Å². The van der Waals surface area contributed by atoms with Crippen LogP contribution in [0.25, 0.3) is 33.2 Å². The molecule has 0 atom stereocenters. The molecule has 0 saturated carbocycles. The average Bonchev–Trinajstić information content (AvgIpc) is 3.33. The van der Waals surface area contributed by atoms with E-state index in [9.17, 15) is 9.90 Å². The van der Waals surface area contributed by atoms with Gasteiger partial charge in [0.2, 0.25) is 0 Å². The van der Waals surface area contributed by atoms with Crippen molar-refractivity contribution in [2.45, 2.75) is 114 Å². The minimum absolute atomic E-state index is 0. The summed E-state index contributed by atoms with van der Waals surface area (Å²) in [7, 11) is 0. The van der Waals surface area contributed by atoms with Crippen molar-refractivity contribution in [1.29, 1.82) is 0 Å². The number of rotatable bonds is 8. The molecule has 0 bridgehead atoms. The van der Waals surface area contributed by atoms with Gasteiger partial charge in [-0.2, -0.15) is 0 Å². The minimum Gasteiger partial charge on any atom is -0.512 e. The Morgan fingerprint density at radius 2 is 1.60 bits per heavy atom. The molecule has 1 aliphatic rings. The number of fused-ring (bicyclic) bond motifs is 2. The maximum absolute atomic E-state index is 11.7. The summed E-state index contributed by atoms with van der Waals surface area (Å²) in [4.78, 5) is 16.6. The number of benzene rings is 2. The maximum Gasteiger partial charge on any atom is 0.162 e. The Balaban J connectivity index is 0.000000297. The number of carbonyl (C=O) groups excluding carboxylic acids is 1. The number of aliphatic hydroxyl groups excluding tert-OH is 1. The van der Waals surface area contributed by atoms with E-state index in [1.807, 2.05) is 40.0 Å². The Kier molecular flexibility index (Phi) is 11.7. The van der Waals surface area contributed by atoms with Crippen LogP contribution in [0.2, 0.25) is 0 Å². The van der Waals surface area contributed by atoms with Gasteiger partial charge in [-0.05, 0) is 72.2 Å². The number of pyridine rings is 1. The quantitative estimate of drug-likeness (QED) is 0.110. The van der Waals surface area contributed by atoms with Crippen molar-refractivity contribution in [2.24, 2.45) is 17.3 Å². The van der Waals surface area contributed by atoms with Gasteiger partial charge in [0.1, 0.15) is 5.58 Å². The zero-order valence-electron chi connectivity index (χ0n) is 29.2. The number of carbonyl (C=O) groups is 1. The second kappa shape index (κ2) is 14.3. The summed E-state index contributed by atoms with van der Waals surface area (Å²) in [6.45, 7) is 23.8. The van der Waals surface area contributed by atoms with Crippen molar-refractivity contribution in [3.63, 3.8) is 0 Å². The van der Waals surface area contributed by atoms with Gasteiger partial charge in [-0.3, -0.25) is 4.79 Å². The first-order valence-corrected chi connectivity index (χ1v) is 16.5.